The third-order valence-corrected chi connectivity index (χ3v) is 5.89. The van der Waals surface area contributed by atoms with E-state index in [1.54, 1.807) is 17.6 Å². The number of allylic oxidation sites excluding steroid dienone is 2. The van der Waals surface area contributed by atoms with E-state index in [0.29, 0.717) is 0 Å². The topological polar surface area (TPSA) is 64.4 Å². The highest BCUT2D eigenvalue weighted by atomic mass is 32.1. The Bertz CT molecular complexity index is 952. The van der Waals surface area contributed by atoms with Crippen molar-refractivity contribution in [2.45, 2.75) is 33.0 Å². The van der Waals surface area contributed by atoms with Crippen LogP contribution in [0, 0.1) is 6.92 Å². The van der Waals surface area contributed by atoms with E-state index in [1.807, 2.05) is 31.2 Å². The van der Waals surface area contributed by atoms with Crippen LogP contribution >= 0.6 is 11.3 Å². The summed E-state index contributed by atoms with van der Waals surface area (Å²) in [6.45, 7) is 6.15. The van der Waals surface area contributed by atoms with Crippen LogP contribution in [0.4, 0.5) is 0 Å². The minimum absolute atomic E-state index is 0.113. The van der Waals surface area contributed by atoms with E-state index in [1.165, 1.54) is 26.1 Å². The molecule has 2 unspecified atom stereocenters. The zero-order chi connectivity index (χ0) is 18.7. The Morgan fingerprint density at radius 2 is 1.81 bits per heavy atom. The number of benzene rings is 2. The van der Waals surface area contributed by atoms with Crippen molar-refractivity contribution < 1.29 is 0 Å². The molecule has 0 spiro atoms. The minimum atomic E-state index is -0.176. The number of nitrogens with zero attached hydrogens (tertiary/aromatic N) is 1. The highest BCUT2D eigenvalue weighted by Crippen LogP contribution is 2.36. The predicted octanol–water partition coefficient (Wildman–Crippen LogP) is 5.04. The van der Waals surface area contributed by atoms with Crippen LogP contribution in [-0.4, -0.2) is 12.4 Å². The summed E-state index contributed by atoms with van der Waals surface area (Å²) in [4.78, 5) is 5.49. The van der Waals surface area contributed by atoms with Crippen molar-refractivity contribution in [3.05, 3.63) is 76.2 Å². The SMILES string of the molecule is C/C(=C\C=N/C(C)N)c1sc2ccc(C(N)c3ccccc3)cc2c1C. The lowest BCUT2D eigenvalue weighted by atomic mass is 9.97. The molecule has 2 atom stereocenters. The van der Waals surface area contributed by atoms with Crippen LogP contribution in [-0.2, 0) is 0 Å². The molecular formula is C22H25N3S. The van der Waals surface area contributed by atoms with Crippen molar-refractivity contribution in [2.24, 2.45) is 16.5 Å². The van der Waals surface area contributed by atoms with Gasteiger partial charge in [-0.15, -0.1) is 11.3 Å². The van der Waals surface area contributed by atoms with Crippen molar-refractivity contribution in [3.8, 4) is 0 Å². The predicted molar refractivity (Wildman–Crippen MR) is 115 cm³/mol. The lowest BCUT2D eigenvalue weighted by Gasteiger charge is -2.12. The summed E-state index contributed by atoms with van der Waals surface area (Å²) in [6.07, 6.45) is 3.64. The maximum Gasteiger partial charge on any atom is 0.0940 e. The Labute approximate surface area is 159 Å². The highest BCUT2D eigenvalue weighted by molar-refractivity contribution is 7.20. The van der Waals surface area contributed by atoms with E-state index in [2.05, 4.69) is 49.2 Å². The molecule has 3 rings (SSSR count). The molecule has 0 aliphatic rings. The normalized spacial score (nSPS) is 14.9. The summed E-state index contributed by atoms with van der Waals surface area (Å²) in [5.41, 5.74) is 16.9. The fourth-order valence-electron chi connectivity index (χ4n) is 3.03. The Hall–Kier alpha value is -2.27. The van der Waals surface area contributed by atoms with Crippen molar-refractivity contribution >= 4 is 33.2 Å². The fourth-order valence-corrected chi connectivity index (χ4v) is 4.20. The molecule has 0 bridgehead atoms. The van der Waals surface area contributed by atoms with Crippen LogP contribution in [0.3, 0.4) is 0 Å². The monoisotopic (exact) mass is 363 g/mol. The molecule has 4 heteroatoms. The number of hydrogen-bond acceptors (Lipinski definition) is 4. The van der Waals surface area contributed by atoms with E-state index >= 15 is 0 Å². The van der Waals surface area contributed by atoms with E-state index in [9.17, 15) is 0 Å². The molecule has 0 radical (unpaired) electrons. The summed E-state index contributed by atoms with van der Waals surface area (Å²) >= 11 is 1.81. The van der Waals surface area contributed by atoms with Gasteiger partial charge in [0.05, 0.1) is 12.2 Å². The van der Waals surface area contributed by atoms with E-state index in [4.69, 9.17) is 11.5 Å². The summed E-state index contributed by atoms with van der Waals surface area (Å²) in [7, 11) is 0. The van der Waals surface area contributed by atoms with Gasteiger partial charge in [-0.25, -0.2) is 0 Å². The van der Waals surface area contributed by atoms with Gasteiger partial charge in [-0.2, -0.15) is 0 Å². The lowest BCUT2D eigenvalue weighted by molar-refractivity contribution is 0.797. The molecule has 0 amide bonds. The highest BCUT2D eigenvalue weighted by Gasteiger charge is 2.13. The van der Waals surface area contributed by atoms with E-state index in [-0.39, 0.29) is 12.2 Å². The molecule has 1 heterocycles. The maximum atomic E-state index is 6.48. The van der Waals surface area contributed by atoms with Gasteiger partial charge in [0, 0.05) is 15.8 Å². The Morgan fingerprint density at radius 3 is 2.50 bits per heavy atom. The van der Waals surface area contributed by atoms with Crippen molar-refractivity contribution in [3.63, 3.8) is 0 Å². The minimum Gasteiger partial charge on any atom is -0.320 e. The first-order valence-corrected chi connectivity index (χ1v) is 9.58. The van der Waals surface area contributed by atoms with Gasteiger partial charge in [-0.1, -0.05) is 36.4 Å². The number of aryl methyl sites for hydroxylation is 1. The number of fused-ring (bicyclic) bond motifs is 1. The quantitative estimate of drug-likeness (QED) is 0.624. The second-order valence-electron chi connectivity index (χ2n) is 6.59. The van der Waals surface area contributed by atoms with Gasteiger partial charge in [0.2, 0.25) is 0 Å². The van der Waals surface area contributed by atoms with Gasteiger partial charge < -0.3 is 11.5 Å². The molecule has 0 saturated carbocycles. The van der Waals surface area contributed by atoms with Crippen LogP contribution in [0.25, 0.3) is 15.7 Å². The standard InChI is InChI=1S/C22H25N3S/c1-14(11-12-25-16(3)23)22-15(2)19-13-18(9-10-20(19)26-22)21(24)17-7-5-4-6-8-17/h4-13,16,21H,23-24H2,1-3H3/b14-11+,25-12-. The average Bonchev–Trinajstić information content (AvgIpc) is 2.98. The smallest absolute Gasteiger partial charge is 0.0940 e. The summed E-state index contributed by atoms with van der Waals surface area (Å²) < 4.78 is 1.28. The molecule has 2 aromatic carbocycles. The average molecular weight is 364 g/mol. The molecule has 0 aliphatic carbocycles. The first-order chi connectivity index (χ1) is 12.5. The van der Waals surface area contributed by atoms with Crippen molar-refractivity contribution in [2.75, 3.05) is 0 Å². The zero-order valence-corrected chi connectivity index (χ0v) is 16.3. The molecule has 134 valence electrons. The van der Waals surface area contributed by atoms with Crippen molar-refractivity contribution in [1.29, 1.82) is 0 Å². The van der Waals surface area contributed by atoms with Gasteiger partial charge in [0.25, 0.3) is 0 Å². The molecule has 3 aromatic rings. The maximum absolute atomic E-state index is 6.48. The largest absolute Gasteiger partial charge is 0.320 e. The second-order valence-corrected chi connectivity index (χ2v) is 7.64. The lowest BCUT2D eigenvalue weighted by Crippen LogP contribution is -2.11. The molecular weight excluding hydrogens is 338 g/mol. The molecule has 1 aromatic heterocycles. The number of hydrogen-bond donors (Lipinski definition) is 2. The van der Waals surface area contributed by atoms with E-state index in [0.717, 1.165) is 11.1 Å². The third-order valence-electron chi connectivity index (χ3n) is 4.48. The number of nitrogens with two attached hydrogens (primary N) is 2. The van der Waals surface area contributed by atoms with Crippen LogP contribution < -0.4 is 11.5 Å². The first-order valence-electron chi connectivity index (χ1n) is 8.77. The fraction of sp³-hybridized carbons (Fsp3) is 0.227. The number of thiophene rings is 1. The molecule has 4 N–H and O–H groups in total. The second kappa shape index (κ2) is 7.96. The third kappa shape index (κ3) is 3.93. The number of aliphatic imine (C=N–C) groups is 1. The Kier molecular flexibility index (Phi) is 5.67. The first kappa shape index (κ1) is 18.5. The zero-order valence-electron chi connectivity index (χ0n) is 15.4. The Balaban J connectivity index is 1.97. The summed E-state index contributed by atoms with van der Waals surface area (Å²) in [6, 6.07) is 16.6. The number of rotatable bonds is 5. The summed E-state index contributed by atoms with van der Waals surface area (Å²) in [5.74, 6) is 0. The van der Waals surface area contributed by atoms with Crippen LogP contribution in [0.15, 0.2) is 59.6 Å². The van der Waals surface area contributed by atoms with Gasteiger partial charge in [-0.05, 0) is 66.6 Å². The molecule has 26 heavy (non-hydrogen) atoms. The van der Waals surface area contributed by atoms with Gasteiger partial charge in [0.1, 0.15) is 0 Å². The summed E-state index contributed by atoms with van der Waals surface area (Å²) in [5, 5.41) is 1.27. The molecule has 0 saturated heterocycles. The van der Waals surface area contributed by atoms with Gasteiger partial charge in [0.15, 0.2) is 0 Å². The molecule has 0 aliphatic heterocycles. The molecule has 0 fully saturated rings. The molecule has 3 nitrogen and oxygen atoms in total. The van der Waals surface area contributed by atoms with E-state index < -0.39 is 0 Å². The van der Waals surface area contributed by atoms with Crippen LogP contribution in [0.5, 0.6) is 0 Å². The van der Waals surface area contributed by atoms with Crippen LogP contribution in [0.1, 0.15) is 41.5 Å². The van der Waals surface area contributed by atoms with Gasteiger partial charge >= 0.3 is 0 Å². The van der Waals surface area contributed by atoms with Gasteiger partial charge in [-0.3, -0.25) is 4.99 Å². The Morgan fingerprint density at radius 1 is 1.08 bits per heavy atom. The van der Waals surface area contributed by atoms with Crippen LogP contribution in [0.2, 0.25) is 0 Å². The van der Waals surface area contributed by atoms with Crippen molar-refractivity contribution in [1.82, 2.24) is 0 Å².